The monoisotopic (exact) mass is 1040 g/mol. The van der Waals surface area contributed by atoms with Crippen molar-refractivity contribution in [2.75, 3.05) is 19.8 Å². The third kappa shape index (κ3) is 17.1. The average Bonchev–Trinajstić information content (AvgIpc) is 3.33. The molecule has 2 N–H and O–H groups in total. The van der Waals surface area contributed by atoms with Gasteiger partial charge in [0.25, 0.3) is 8.32 Å². The van der Waals surface area contributed by atoms with Crippen LogP contribution in [0.25, 0.3) is 0 Å². The molecule has 378 valence electrons. The van der Waals surface area contributed by atoms with Crippen molar-refractivity contribution in [3.63, 3.8) is 0 Å². The van der Waals surface area contributed by atoms with E-state index in [1.54, 1.807) is 20.8 Å². The van der Waals surface area contributed by atoms with Crippen LogP contribution in [0.5, 0.6) is 0 Å². The molecule has 0 radical (unpaired) electrons. The first kappa shape index (κ1) is 55.4. The highest BCUT2D eigenvalue weighted by Gasteiger charge is 2.51. The van der Waals surface area contributed by atoms with Gasteiger partial charge < -0.3 is 43.5 Å². The van der Waals surface area contributed by atoms with E-state index in [1.807, 2.05) is 127 Å². The van der Waals surface area contributed by atoms with Crippen LogP contribution >= 0.6 is 34.8 Å². The van der Waals surface area contributed by atoms with E-state index in [4.69, 9.17) is 67.7 Å². The smallest absolute Gasteiger partial charge is 0.408 e. The largest absolute Gasteiger partial charge is 0.445 e. The van der Waals surface area contributed by atoms with Gasteiger partial charge in [-0.2, -0.15) is 0 Å². The van der Waals surface area contributed by atoms with Crippen LogP contribution in [-0.4, -0.2) is 86.2 Å². The van der Waals surface area contributed by atoms with Crippen molar-refractivity contribution in [3.8, 4) is 11.8 Å². The number of benzene rings is 5. The number of carbonyl (C=O) groups is 2. The molecule has 0 unspecified atom stereocenters. The van der Waals surface area contributed by atoms with Crippen LogP contribution in [-0.2, 0) is 52.7 Å². The summed E-state index contributed by atoms with van der Waals surface area (Å²) < 4.78 is 43.4. The highest BCUT2D eigenvalue weighted by Crippen LogP contribution is 2.37. The molecule has 15 heteroatoms. The van der Waals surface area contributed by atoms with Crippen LogP contribution in [0.4, 0.5) is 9.59 Å². The number of ether oxygens (including phenoxy) is 6. The number of nitrogens with one attached hydrogen (secondary N) is 2. The molecule has 6 rings (SSSR count). The van der Waals surface area contributed by atoms with Gasteiger partial charge in [-0.05, 0) is 52.9 Å². The predicted octanol–water partition coefficient (Wildman–Crippen LogP) is 10.5. The molecule has 11 nitrogen and oxygen atoms in total. The Kier molecular flexibility index (Phi) is 20.4. The Hall–Kier alpha value is -4.91. The van der Waals surface area contributed by atoms with Crippen molar-refractivity contribution in [1.29, 1.82) is 0 Å². The summed E-state index contributed by atoms with van der Waals surface area (Å²) in [5.41, 5.74) is 1.95. The predicted molar refractivity (Wildman–Crippen MR) is 282 cm³/mol. The van der Waals surface area contributed by atoms with Crippen molar-refractivity contribution in [2.24, 2.45) is 0 Å². The number of hydrogen-bond donors (Lipinski definition) is 2. The van der Waals surface area contributed by atoms with Crippen LogP contribution in [0.15, 0.2) is 152 Å². The molecule has 0 bridgehead atoms. The lowest BCUT2D eigenvalue weighted by Gasteiger charge is -2.45. The molecule has 6 atom stereocenters. The summed E-state index contributed by atoms with van der Waals surface area (Å²) in [6.07, 6.45) is -4.95. The molecule has 0 aromatic heterocycles. The topological polar surface area (TPSA) is 123 Å². The van der Waals surface area contributed by atoms with Crippen molar-refractivity contribution in [1.82, 2.24) is 10.6 Å². The van der Waals surface area contributed by atoms with Crippen molar-refractivity contribution < 1.29 is 42.4 Å². The number of carbonyl (C=O) groups excluding carboxylic acids is 2. The number of amides is 2. The van der Waals surface area contributed by atoms with E-state index in [2.05, 4.69) is 67.5 Å². The molecule has 0 saturated carbocycles. The molecule has 1 heterocycles. The molecule has 1 aliphatic rings. The summed E-state index contributed by atoms with van der Waals surface area (Å²) in [5.74, 6) is 6.59. The van der Waals surface area contributed by atoms with Crippen molar-refractivity contribution >= 4 is 65.7 Å². The fourth-order valence-electron chi connectivity index (χ4n) is 8.39. The maximum atomic E-state index is 13.8. The molecule has 5 aromatic carbocycles. The van der Waals surface area contributed by atoms with E-state index in [0.717, 1.165) is 27.1 Å². The summed E-state index contributed by atoms with van der Waals surface area (Å²) in [6, 6.07) is 47.9. The minimum absolute atomic E-state index is 0.0636. The van der Waals surface area contributed by atoms with Gasteiger partial charge in [0.1, 0.15) is 36.6 Å². The molecule has 1 fully saturated rings. The Labute approximate surface area is 435 Å². The van der Waals surface area contributed by atoms with Crippen LogP contribution in [0.2, 0.25) is 5.04 Å². The maximum absolute atomic E-state index is 13.8. The van der Waals surface area contributed by atoms with E-state index in [-0.39, 0.29) is 44.5 Å². The lowest BCUT2D eigenvalue weighted by Crippen LogP contribution is -2.66. The first-order valence-corrected chi connectivity index (χ1v) is 26.8. The third-order valence-corrected chi connectivity index (χ3v) is 16.9. The molecular formula is C56H65Cl3N2O9Si. The maximum Gasteiger partial charge on any atom is 0.408 e. The van der Waals surface area contributed by atoms with E-state index in [9.17, 15) is 9.59 Å². The normalized spacial score (nSPS) is 18.9. The highest BCUT2D eigenvalue weighted by atomic mass is 35.6. The summed E-state index contributed by atoms with van der Waals surface area (Å²) >= 11 is 18.1. The standard InChI is InChI=1S/C56H65Cl3N2O9Si/c1-54(2,3)70-53(63)60-44(34-35-68-71(55(4,5)6,45-28-18-10-19-29-45)46-30-20-11-21-31-46)32-33-47-49(61-52(62)67-40-56(57,58)59)51(66-38-43-26-16-9-17-27-43)50(65-37-42-24-14-8-15-25-42)48(69-47)39-64-36-41-22-12-7-13-23-41/h7-31,44,47-51H,34-40H2,1-6H3,(H,60,63)(H,61,62)/t44-,47-,48+,49-,50+,51+/m0/s1. The third-order valence-electron chi connectivity index (χ3n) is 11.5. The average molecular weight is 1040 g/mol. The molecule has 2 amide bonds. The zero-order valence-electron chi connectivity index (χ0n) is 41.2. The van der Waals surface area contributed by atoms with E-state index < -0.39 is 73.0 Å². The van der Waals surface area contributed by atoms with Gasteiger partial charge in [-0.3, -0.25) is 0 Å². The SMILES string of the molecule is CC(C)(C)OC(=O)N[C@@H](C#C[C@@H]1O[C@H](COCc2ccccc2)[C@@H](OCc2ccccc2)[C@H](OCc2ccccc2)[C@H]1NC(=O)OCC(Cl)(Cl)Cl)CCO[Si](c1ccccc1)(c1ccccc1)C(C)(C)C. The van der Waals surface area contributed by atoms with Gasteiger partial charge in [0.05, 0.1) is 38.5 Å². The van der Waals surface area contributed by atoms with Crippen LogP contribution in [0.3, 0.4) is 0 Å². The molecule has 1 saturated heterocycles. The number of halogens is 3. The Morgan fingerprint density at radius 3 is 1.62 bits per heavy atom. The van der Waals surface area contributed by atoms with Crippen LogP contribution in [0.1, 0.15) is 64.7 Å². The van der Waals surface area contributed by atoms with E-state index in [1.165, 1.54) is 0 Å². The second-order valence-corrected chi connectivity index (χ2v) is 26.1. The lowest BCUT2D eigenvalue weighted by molar-refractivity contribution is -0.221. The number of rotatable bonds is 19. The van der Waals surface area contributed by atoms with Gasteiger partial charge in [0.2, 0.25) is 3.79 Å². The van der Waals surface area contributed by atoms with E-state index in [0.29, 0.717) is 0 Å². The van der Waals surface area contributed by atoms with Crippen molar-refractivity contribution in [3.05, 3.63) is 168 Å². The Balaban J connectivity index is 1.40. The first-order valence-electron chi connectivity index (χ1n) is 23.7. The van der Waals surface area contributed by atoms with Gasteiger partial charge in [-0.25, -0.2) is 9.59 Å². The minimum Gasteiger partial charge on any atom is -0.445 e. The second-order valence-electron chi connectivity index (χ2n) is 19.3. The number of alkyl halides is 3. The van der Waals surface area contributed by atoms with Crippen LogP contribution in [0, 0.1) is 11.8 Å². The van der Waals surface area contributed by atoms with Gasteiger partial charge in [-0.15, -0.1) is 0 Å². The van der Waals surface area contributed by atoms with Gasteiger partial charge in [0.15, 0.2) is 0 Å². The van der Waals surface area contributed by atoms with Crippen molar-refractivity contribution in [2.45, 2.75) is 119 Å². The summed E-state index contributed by atoms with van der Waals surface area (Å²) in [7, 11) is -2.98. The highest BCUT2D eigenvalue weighted by molar-refractivity contribution is 6.99. The minimum atomic E-state index is -2.98. The molecular weight excluding hydrogens is 979 g/mol. The first-order chi connectivity index (χ1) is 33.9. The zero-order chi connectivity index (χ0) is 50.9. The Morgan fingerprint density at radius 2 is 1.14 bits per heavy atom. The van der Waals surface area contributed by atoms with Crippen LogP contribution < -0.4 is 21.0 Å². The summed E-state index contributed by atoms with van der Waals surface area (Å²) in [6.45, 7) is 12.3. The zero-order valence-corrected chi connectivity index (χ0v) is 44.4. The van der Waals surface area contributed by atoms with E-state index >= 15 is 0 Å². The molecule has 71 heavy (non-hydrogen) atoms. The molecule has 0 aliphatic carbocycles. The summed E-state index contributed by atoms with van der Waals surface area (Å²) in [5, 5.41) is 7.83. The quantitative estimate of drug-likeness (QED) is 0.0473. The lowest BCUT2D eigenvalue weighted by atomic mass is 9.92. The summed E-state index contributed by atoms with van der Waals surface area (Å²) in [4.78, 5) is 27.4. The fraction of sp³-hybridized carbons (Fsp3) is 0.393. The number of alkyl carbamates (subject to hydrolysis) is 2. The molecule has 1 aliphatic heterocycles. The Morgan fingerprint density at radius 1 is 0.662 bits per heavy atom. The number of hydrogen-bond acceptors (Lipinski definition) is 9. The van der Waals surface area contributed by atoms with Gasteiger partial charge in [0, 0.05) is 13.0 Å². The Bertz CT molecular complexity index is 2410. The second kappa shape index (κ2) is 26.2. The molecule has 5 aromatic rings. The molecule has 0 spiro atoms. The van der Waals surface area contributed by atoms with Gasteiger partial charge >= 0.3 is 12.2 Å². The van der Waals surface area contributed by atoms with Gasteiger partial charge in [-0.1, -0.05) is 219 Å². The fourth-order valence-corrected chi connectivity index (χ4v) is 13.1.